The average Bonchev–Trinajstić information content (AvgIpc) is 3.03. The molecule has 2 N–H and O–H groups in total. The summed E-state index contributed by atoms with van der Waals surface area (Å²) in [6, 6.07) is 8.07. The van der Waals surface area contributed by atoms with Crippen molar-refractivity contribution in [3.8, 4) is 11.8 Å². The third kappa shape index (κ3) is 4.54. The number of rotatable bonds is 6. The first-order valence-corrected chi connectivity index (χ1v) is 13.3. The van der Waals surface area contributed by atoms with E-state index in [0.29, 0.717) is 25.3 Å². The van der Waals surface area contributed by atoms with Gasteiger partial charge in [-0.15, -0.1) is 0 Å². The number of halogens is 3. The first-order chi connectivity index (χ1) is 17.2. The maximum absolute atomic E-state index is 13.6. The third-order valence-corrected chi connectivity index (χ3v) is 8.76. The Labute approximate surface area is 216 Å². The number of amides is 1. The van der Waals surface area contributed by atoms with Gasteiger partial charge in [0.2, 0.25) is 0 Å². The van der Waals surface area contributed by atoms with Gasteiger partial charge in [0, 0.05) is 5.69 Å². The normalized spacial score (nSPS) is 18.2. The lowest BCUT2D eigenvalue weighted by Crippen LogP contribution is -2.55. The molecule has 196 valence electrons. The number of thiocarbonyl (C=S) groups is 1. The van der Waals surface area contributed by atoms with Crippen molar-refractivity contribution in [2.24, 2.45) is 0 Å². The van der Waals surface area contributed by atoms with Crippen molar-refractivity contribution in [1.29, 1.82) is 5.26 Å². The molecule has 1 aliphatic heterocycles. The summed E-state index contributed by atoms with van der Waals surface area (Å²) < 4.78 is 66.5. The molecule has 0 bridgehead atoms. The maximum atomic E-state index is 13.6. The van der Waals surface area contributed by atoms with Gasteiger partial charge in [-0.2, -0.15) is 18.4 Å². The molecule has 1 amide bonds. The highest BCUT2D eigenvalue weighted by Crippen LogP contribution is 2.49. The molecular weight excluding hydrogens is 531 g/mol. The Morgan fingerprint density at radius 2 is 1.84 bits per heavy atom. The molecule has 2 fully saturated rings. The lowest BCUT2D eigenvalue weighted by molar-refractivity contribution is -0.137. The molecule has 1 saturated carbocycles. The maximum Gasteiger partial charge on any atom is 0.417 e. The monoisotopic (exact) mass is 553 g/mol. The van der Waals surface area contributed by atoms with Crippen LogP contribution in [0.25, 0.3) is 0 Å². The van der Waals surface area contributed by atoms with Crippen LogP contribution in [0.1, 0.15) is 43.7 Å². The summed E-state index contributed by atoms with van der Waals surface area (Å²) in [4.78, 5) is 15.6. The molecule has 1 saturated heterocycles. The van der Waals surface area contributed by atoms with Crippen molar-refractivity contribution in [2.75, 3.05) is 15.6 Å². The summed E-state index contributed by atoms with van der Waals surface area (Å²) >= 11 is 5.54. The van der Waals surface area contributed by atoms with E-state index in [1.54, 1.807) is 0 Å². The van der Waals surface area contributed by atoms with Gasteiger partial charge in [-0.3, -0.25) is 9.69 Å². The van der Waals surface area contributed by atoms with E-state index < -0.39 is 61.1 Å². The number of nitriles is 1. The molecule has 0 radical (unpaired) electrons. The van der Waals surface area contributed by atoms with Crippen LogP contribution in [-0.2, 0) is 20.8 Å². The first-order valence-electron chi connectivity index (χ1n) is 11.3. The van der Waals surface area contributed by atoms with Gasteiger partial charge < -0.3 is 15.1 Å². The van der Waals surface area contributed by atoms with Crippen LogP contribution >= 0.6 is 12.2 Å². The molecule has 8 nitrogen and oxygen atoms in total. The summed E-state index contributed by atoms with van der Waals surface area (Å²) in [6.45, 7) is 1.43. The van der Waals surface area contributed by atoms with E-state index >= 15 is 0 Å². The number of carbonyl (C=O) groups excluding carboxylic acids is 1. The number of phenolic OH excluding ortho intramolecular Hbond substituents is 1. The minimum atomic E-state index is -4.84. The van der Waals surface area contributed by atoms with Crippen molar-refractivity contribution in [2.45, 2.75) is 55.3 Å². The fourth-order valence-corrected chi connectivity index (χ4v) is 6.56. The van der Waals surface area contributed by atoms with Crippen LogP contribution in [0.5, 0.6) is 5.75 Å². The molecule has 13 heteroatoms. The fourth-order valence-electron chi connectivity index (χ4n) is 4.54. The fraction of sp³-hybridized carbons (Fsp3) is 0.375. The van der Waals surface area contributed by atoms with Crippen LogP contribution in [0.2, 0.25) is 0 Å². The summed E-state index contributed by atoms with van der Waals surface area (Å²) in [5.41, 5.74) is -3.02. The van der Waals surface area contributed by atoms with Gasteiger partial charge in [0.25, 0.3) is 5.91 Å². The van der Waals surface area contributed by atoms with Crippen molar-refractivity contribution >= 4 is 44.4 Å². The molecule has 1 spiro atoms. The van der Waals surface area contributed by atoms with Gasteiger partial charge >= 0.3 is 6.18 Å². The number of nitrogens with zero attached hydrogens (tertiary/aromatic N) is 3. The zero-order chi connectivity index (χ0) is 27.3. The van der Waals surface area contributed by atoms with Gasteiger partial charge in [0.15, 0.2) is 14.9 Å². The Morgan fingerprint density at radius 3 is 2.38 bits per heavy atom. The van der Waals surface area contributed by atoms with E-state index in [4.69, 9.17) is 17.5 Å². The van der Waals surface area contributed by atoms with E-state index in [1.165, 1.54) is 36.1 Å². The molecule has 1 unspecified atom stereocenters. The highest BCUT2D eigenvalue weighted by atomic mass is 32.2. The summed E-state index contributed by atoms with van der Waals surface area (Å²) in [5.74, 6) is -1.52. The second kappa shape index (κ2) is 9.27. The molecule has 1 aliphatic carbocycles. The molecular formula is C24H22F3N3O5S2. The van der Waals surface area contributed by atoms with Crippen LogP contribution < -0.4 is 9.80 Å². The van der Waals surface area contributed by atoms with Crippen molar-refractivity contribution in [3.05, 3.63) is 47.5 Å². The minimum Gasteiger partial charge on any atom is -0.507 e. The van der Waals surface area contributed by atoms with Gasteiger partial charge in [-0.05, 0) is 81.2 Å². The quantitative estimate of drug-likeness (QED) is 0.517. The highest BCUT2D eigenvalue weighted by Gasteiger charge is 2.59. The molecule has 0 aromatic heterocycles. The Kier molecular flexibility index (Phi) is 6.72. The SMILES string of the molecule is CC(O)CCS(=O)(=O)c1cc(N2C(=S)N(c3ccc(C#N)c(C(F)(F)F)c3)C(=O)C23CCC3)ccc1O. The molecule has 37 heavy (non-hydrogen) atoms. The van der Waals surface area contributed by atoms with Gasteiger partial charge in [0.05, 0.1) is 34.7 Å². The van der Waals surface area contributed by atoms with Crippen molar-refractivity contribution in [1.82, 2.24) is 0 Å². The number of sulfone groups is 1. The number of carbonyl (C=O) groups is 1. The predicted octanol–water partition coefficient (Wildman–Crippen LogP) is 3.89. The van der Waals surface area contributed by atoms with Gasteiger partial charge in [0.1, 0.15) is 16.2 Å². The summed E-state index contributed by atoms with van der Waals surface area (Å²) in [7, 11) is -4.02. The van der Waals surface area contributed by atoms with E-state index in [0.717, 1.165) is 17.0 Å². The number of benzene rings is 2. The number of hydrogen-bond acceptors (Lipinski definition) is 7. The summed E-state index contributed by atoms with van der Waals surface area (Å²) in [5, 5.41) is 28.7. The van der Waals surface area contributed by atoms with E-state index in [2.05, 4.69) is 0 Å². The van der Waals surface area contributed by atoms with Crippen LogP contribution in [-0.4, -0.2) is 47.0 Å². The molecule has 2 aromatic rings. The van der Waals surface area contributed by atoms with Crippen molar-refractivity contribution in [3.63, 3.8) is 0 Å². The highest BCUT2D eigenvalue weighted by molar-refractivity contribution is 7.91. The lowest BCUT2D eigenvalue weighted by Gasteiger charge is -2.43. The van der Waals surface area contributed by atoms with Crippen LogP contribution in [0.4, 0.5) is 24.5 Å². The van der Waals surface area contributed by atoms with E-state index in [1.807, 2.05) is 0 Å². The molecule has 4 rings (SSSR count). The van der Waals surface area contributed by atoms with E-state index in [-0.39, 0.29) is 22.9 Å². The standard InChI is InChI=1S/C24H22F3N3O5S2/c1-14(31)7-10-37(34,35)20-12-17(5-6-19(20)32)30-22(36)29(21(33)23(30)8-2-9-23)16-4-3-15(13-28)18(11-16)24(25,26)27/h3-6,11-12,14,31-32H,2,7-10H2,1H3. The Balaban J connectivity index is 1.80. The summed E-state index contributed by atoms with van der Waals surface area (Å²) in [6.07, 6.45) is -4.50. The Morgan fingerprint density at radius 1 is 1.19 bits per heavy atom. The number of phenols is 1. The Hall–Kier alpha value is -3.21. The predicted molar refractivity (Wildman–Crippen MR) is 132 cm³/mol. The molecule has 2 aromatic carbocycles. The topological polar surface area (TPSA) is 122 Å². The molecule has 1 atom stereocenters. The number of hydrogen-bond donors (Lipinski definition) is 2. The van der Waals surface area contributed by atoms with Crippen molar-refractivity contribution < 1.29 is 36.6 Å². The van der Waals surface area contributed by atoms with Crippen LogP contribution in [0.3, 0.4) is 0 Å². The smallest absolute Gasteiger partial charge is 0.417 e. The number of aliphatic hydroxyl groups is 1. The first kappa shape index (κ1) is 26.8. The zero-order valence-electron chi connectivity index (χ0n) is 19.5. The minimum absolute atomic E-state index is 0.0649. The average molecular weight is 554 g/mol. The number of aliphatic hydroxyl groups excluding tert-OH is 1. The molecule has 1 heterocycles. The van der Waals surface area contributed by atoms with Gasteiger partial charge in [-0.25, -0.2) is 8.42 Å². The zero-order valence-corrected chi connectivity index (χ0v) is 21.1. The Bertz CT molecular complexity index is 1430. The largest absolute Gasteiger partial charge is 0.507 e. The van der Waals surface area contributed by atoms with Gasteiger partial charge in [-0.1, -0.05) is 0 Å². The van der Waals surface area contributed by atoms with Crippen LogP contribution in [0.15, 0.2) is 41.3 Å². The number of aromatic hydroxyl groups is 1. The van der Waals surface area contributed by atoms with Crippen LogP contribution in [0, 0.1) is 11.3 Å². The van der Waals surface area contributed by atoms with E-state index in [9.17, 15) is 36.6 Å². The lowest BCUT2D eigenvalue weighted by atomic mass is 9.75. The number of anilines is 2. The second-order valence-corrected chi connectivity index (χ2v) is 11.5. The molecule has 2 aliphatic rings. The number of alkyl halides is 3. The third-order valence-electron chi connectivity index (χ3n) is 6.62. The second-order valence-electron chi connectivity index (χ2n) is 9.09.